The molecule has 2 atom stereocenters. The first-order valence-corrected chi connectivity index (χ1v) is 8.23. The van der Waals surface area contributed by atoms with Crippen LogP contribution in [0.2, 0.25) is 0 Å². The summed E-state index contributed by atoms with van der Waals surface area (Å²) in [6, 6.07) is 0. The Bertz CT molecular complexity index is 430. The summed E-state index contributed by atoms with van der Waals surface area (Å²) in [5.74, 6) is -0.785. The zero-order chi connectivity index (χ0) is 16.1. The molecule has 2 N–H and O–H groups in total. The van der Waals surface area contributed by atoms with E-state index in [0.717, 1.165) is 38.8 Å². The minimum atomic E-state index is -0.783. The number of hydrogen-bond donors (Lipinski definition) is 2. The van der Waals surface area contributed by atoms with Gasteiger partial charge in [0.15, 0.2) is 0 Å². The third kappa shape index (κ3) is 4.45. The summed E-state index contributed by atoms with van der Waals surface area (Å²) in [4.78, 5) is 36.4. The summed E-state index contributed by atoms with van der Waals surface area (Å²) >= 11 is 0. The lowest BCUT2D eigenvalue weighted by molar-refractivity contribution is -0.144. The fourth-order valence-electron chi connectivity index (χ4n) is 3.49. The number of nitrogens with one attached hydrogen (secondary N) is 1. The molecule has 6 nitrogen and oxygen atoms in total. The predicted octanol–water partition coefficient (Wildman–Crippen LogP) is 1.25. The first-order valence-electron chi connectivity index (χ1n) is 8.23. The van der Waals surface area contributed by atoms with Crippen LogP contribution in [0.5, 0.6) is 0 Å². The van der Waals surface area contributed by atoms with Crippen LogP contribution in [0.1, 0.15) is 45.4 Å². The minimum Gasteiger partial charge on any atom is -0.481 e. The van der Waals surface area contributed by atoms with Gasteiger partial charge in [-0.25, -0.2) is 0 Å². The van der Waals surface area contributed by atoms with E-state index < -0.39 is 5.97 Å². The van der Waals surface area contributed by atoms with Gasteiger partial charge in [-0.1, -0.05) is 6.42 Å². The maximum Gasteiger partial charge on any atom is 0.306 e. The second kappa shape index (κ2) is 7.61. The van der Waals surface area contributed by atoms with E-state index in [1.807, 2.05) is 4.90 Å². The molecule has 1 saturated heterocycles. The van der Waals surface area contributed by atoms with Gasteiger partial charge in [-0.3, -0.25) is 14.4 Å². The SMILES string of the molecule is CC(=O)N1CCC(CNC(=O)C2CCCC(C(=O)O)C2)CC1. The van der Waals surface area contributed by atoms with E-state index in [4.69, 9.17) is 5.11 Å². The number of amides is 2. The highest BCUT2D eigenvalue weighted by Gasteiger charge is 2.31. The maximum atomic E-state index is 12.2. The smallest absolute Gasteiger partial charge is 0.306 e. The lowest BCUT2D eigenvalue weighted by Crippen LogP contribution is -2.42. The maximum absolute atomic E-state index is 12.2. The van der Waals surface area contributed by atoms with Crippen LogP contribution in [-0.4, -0.2) is 47.4 Å². The number of carboxylic acids is 1. The van der Waals surface area contributed by atoms with E-state index in [9.17, 15) is 14.4 Å². The number of nitrogens with zero attached hydrogens (tertiary/aromatic N) is 1. The van der Waals surface area contributed by atoms with E-state index >= 15 is 0 Å². The Labute approximate surface area is 131 Å². The number of carbonyl (C=O) groups is 3. The lowest BCUT2D eigenvalue weighted by Gasteiger charge is -2.32. The quantitative estimate of drug-likeness (QED) is 0.818. The standard InChI is InChI=1S/C16H26N2O4/c1-11(19)18-7-5-12(6-8-18)10-17-15(20)13-3-2-4-14(9-13)16(21)22/h12-14H,2-10H2,1H3,(H,17,20)(H,21,22). The molecule has 1 aliphatic carbocycles. The number of carbonyl (C=O) groups excluding carboxylic acids is 2. The number of carboxylic acid groups (broad SMARTS) is 1. The van der Waals surface area contributed by atoms with Crippen molar-refractivity contribution in [3.8, 4) is 0 Å². The van der Waals surface area contributed by atoms with Gasteiger partial charge >= 0.3 is 5.97 Å². The second-order valence-electron chi connectivity index (χ2n) is 6.59. The molecule has 2 unspecified atom stereocenters. The van der Waals surface area contributed by atoms with Crippen molar-refractivity contribution in [1.29, 1.82) is 0 Å². The van der Waals surface area contributed by atoms with Crippen molar-refractivity contribution in [2.75, 3.05) is 19.6 Å². The Hall–Kier alpha value is -1.59. The molecule has 1 heterocycles. The molecule has 0 bridgehead atoms. The molecule has 0 aromatic rings. The van der Waals surface area contributed by atoms with Gasteiger partial charge in [-0.05, 0) is 38.0 Å². The fourth-order valence-corrected chi connectivity index (χ4v) is 3.49. The average molecular weight is 310 g/mol. The van der Waals surface area contributed by atoms with Gasteiger partial charge in [0.2, 0.25) is 11.8 Å². The van der Waals surface area contributed by atoms with E-state index in [0.29, 0.717) is 25.3 Å². The van der Waals surface area contributed by atoms with Gasteiger partial charge in [0.1, 0.15) is 0 Å². The summed E-state index contributed by atoms with van der Waals surface area (Å²) in [5.41, 5.74) is 0. The van der Waals surface area contributed by atoms with Crippen molar-refractivity contribution in [3.05, 3.63) is 0 Å². The molecule has 1 saturated carbocycles. The van der Waals surface area contributed by atoms with Crippen LogP contribution in [0.15, 0.2) is 0 Å². The molecular weight excluding hydrogens is 284 g/mol. The fraction of sp³-hybridized carbons (Fsp3) is 0.812. The number of aliphatic carboxylic acids is 1. The number of likely N-dealkylation sites (tertiary alicyclic amines) is 1. The van der Waals surface area contributed by atoms with Gasteiger partial charge in [0, 0.05) is 32.5 Å². The molecule has 2 aliphatic rings. The van der Waals surface area contributed by atoms with Crippen LogP contribution in [-0.2, 0) is 14.4 Å². The third-order valence-corrected chi connectivity index (χ3v) is 5.02. The Kier molecular flexibility index (Phi) is 5.80. The Balaban J connectivity index is 1.72. The van der Waals surface area contributed by atoms with Crippen LogP contribution in [0.25, 0.3) is 0 Å². The molecule has 1 aliphatic heterocycles. The average Bonchev–Trinajstić information content (AvgIpc) is 2.53. The van der Waals surface area contributed by atoms with Gasteiger partial charge in [-0.15, -0.1) is 0 Å². The highest BCUT2D eigenvalue weighted by Crippen LogP contribution is 2.29. The third-order valence-electron chi connectivity index (χ3n) is 5.02. The van der Waals surface area contributed by atoms with Crippen molar-refractivity contribution >= 4 is 17.8 Å². The van der Waals surface area contributed by atoms with Crippen LogP contribution in [0, 0.1) is 17.8 Å². The van der Waals surface area contributed by atoms with Crippen LogP contribution >= 0.6 is 0 Å². The molecule has 22 heavy (non-hydrogen) atoms. The second-order valence-corrected chi connectivity index (χ2v) is 6.59. The predicted molar refractivity (Wildman–Crippen MR) is 81.1 cm³/mol. The summed E-state index contributed by atoms with van der Waals surface area (Å²) in [7, 11) is 0. The number of hydrogen-bond acceptors (Lipinski definition) is 3. The molecule has 0 radical (unpaired) electrons. The van der Waals surface area contributed by atoms with Gasteiger partial charge < -0.3 is 15.3 Å². The summed E-state index contributed by atoms with van der Waals surface area (Å²) in [5, 5.41) is 12.1. The Morgan fingerprint density at radius 3 is 2.32 bits per heavy atom. The van der Waals surface area contributed by atoms with Crippen LogP contribution < -0.4 is 5.32 Å². The molecule has 0 spiro atoms. The molecule has 124 valence electrons. The van der Waals surface area contributed by atoms with Gasteiger partial charge in [0.05, 0.1) is 5.92 Å². The van der Waals surface area contributed by atoms with Crippen molar-refractivity contribution in [2.24, 2.45) is 17.8 Å². The molecule has 0 aromatic heterocycles. The molecule has 2 rings (SSSR count). The number of rotatable bonds is 4. The molecule has 0 aromatic carbocycles. The number of piperidine rings is 1. The van der Waals surface area contributed by atoms with Crippen molar-refractivity contribution < 1.29 is 19.5 Å². The highest BCUT2D eigenvalue weighted by atomic mass is 16.4. The summed E-state index contributed by atoms with van der Waals surface area (Å²) in [6.45, 7) is 3.75. The van der Waals surface area contributed by atoms with Crippen LogP contribution in [0.4, 0.5) is 0 Å². The zero-order valence-electron chi connectivity index (χ0n) is 13.2. The topological polar surface area (TPSA) is 86.7 Å². The molecule has 6 heteroatoms. The van der Waals surface area contributed by atoms with E-state index in [1.165, 1.54) is 0 Å². The van der Waals surface area contributed by atoms with Crippen LogP contribution in [0.3, 0.4) is 0 Å². The monoisotopic (exact) mass is 310 g/mol. The first-order chi connectivity index (χ1) is 10.5. The van der Waals surface area contributed by atoms with Crippen molar-refractivity contribution in [2.45, 2.75) is 45.4 Å². The van der Waals surface area contributed by atoms with E-state index in [-0.39, 0.29) is 23.7 Å². The molecular formula is C16H26N2O4. The van der Waals surface area contributed by atoms with E-state index in [1.54, 1.807) is 6.92 Å². The Morgan fingerprint density at radius 1 is 1.09 bits per heavy atom. The first kappa shape index (κ1) is 16.8. The summed E-state index contributed by atoms with van der Waals surface area (Å²) < 4.78 is 0. The van der Waals surface area contributed by atoms with Gasteiger partial charge in [-0.2, -0.15) is 0 Å². The van der Waals surface area contributed by atoms with E-state index in [2.05, 4.69) is 5.32 Å². The zero-order valence-corrected chi connectivity index (χ0v) is 13.2. The Morgan fingerprint density at radius 2 is 1.73 bits per heavy atom. The van der Waals surface area contributed by atoms with Crippen molar-refractivity contribution in [1.82, 2.24) is 10.2 Å². The highest BCUT2D eigenvalue weighted by molar-refractivity contribution is 5.80. The normalized spacial score (nSPS) is 26.5. The minimum absolute atomic E-state index is 0.0000486. The largest absolute Gasteiger partial charge is 0.481 e. The molecule has 2 fully saturated rings. The van der Waals surface area contributed by atoms with Crippen molar-refractivity contribution in [3.63, 3.8) is 0 Å². The lowest BCUT2D eigenvalue weighted by atomic mass is 9.81. The summed E-state index contributed by atoms with van der Waals surface area (Å²) in [6.07, 6.45) is 4.58. The van der Waals surface area contributed by atoms with Gasteiger partial charge in [0.25, 0.3) is 0 Å². The molecule has 2 amide bonds.